The number of nitrogens with zero attached hydrogens (tertiary/aromatic N) is 1. The first-order valence-corrected chi connectivity index (χ1v) is 12.7. The number of carbonyl (C=O) groups excluding carboxylic acids is 1. The van der Waals surface area contributed by atoms with Crippen molar-refractivity contribution < 1.29 is 19.4 Å². The number of benzene rings is 1. The van der Waals surface area contributed by atoms with Crippen LogP contribution in [0.2, 0.25) is 5.02 Å². The lowest BCUT2D eigenvalue weighted by Crippen LogP contribution is -2.78. The third-order valence-corrected chi connectivity index (χ3v) is 9.00. The lowest BCUT2D eigenvalue weighted by atomic mass is 9.38. The summed E-state index contributed by atoms with van der Waals surface area (Å²) in [6.07, 6.45) is 7.93. The van der Waals surface area contributed by atoms with E-state index in [-0.39, 0.29) is 23.1 Å². The zero-order chi connectivity index (χ0) is 24.5. The van der Waals surface area contributed by atoms with E-state index in [1.807, 2.05) is 12.3 Å². The smallest absolute Gasteiger partial charge is 0.322 e. The van der Waals surface area contributed by atoms with Gasteiger partial charge in [-0.15, -0.1) is 0 Å². The Balaban J connectivity index is 1.46. The number of nitrogens with one attached hydrogen (secondary N) is 1. The van der Waals surface area contributed by atoms with Crippen LogP contribution in [-0.2, 0) is 21.5 Å². The van der Waals surface area contributed by atoms with Crippen molar-refractivity contribution in [3.8, 4) is 0 Å². The molecule has 1 heterocycles. The molecule has 4 saturated carbocycles. The van der Waals surface area contributed by atoms with Crippen LogP contribution in [0.5, 0.6) is 0 Å². The molecule has 0 spiro atoms. The van der Waals surface area contributed by atoms with Crippen LogP contribution in [-0.4, -0.2) is 40.8 Å². The number of hydrogen-bond acceptors (Lipinski definition) is 3. The number of methoxy groups -OCH3 is 1. The highest BCUT2D eigenvalue weighted by Gasteiger charge is 2.75. The van der Waals surface area contributed by atoms with Gasteiger partial charge in [-0.1, -0.05) is 44.5 Å². The summed E-state index contributed by atoms with van der Waals surface area (Å²) in [6, 6.07) is 6.10. The maximum atomic E-state index is 13.4. The molecule has 2 atom stereocenters. The number of rotatable bonds is 6. The molecule has 2 amide bonds. The van der Waals surface area contributed by atoms with Gasteiger partial charge in [0.1, 0.15) is 0 Å². The molecule has 0 radical (unpaired) electrons. The van der Waals surface area contributed by atoms with Gasteiger partial charge in [0.15, 0.2) is 0 Å². The standard InChI is InChI=1S/C27H35ClN2O4/c1-24(2,3)9-7-17-5-6-18(12-21(17)28)27-10-8-20(34-4)11-19(27)13-30(23(33)29-27)26-14-25(15-26,16-26)22(31)32/h5-6,12-13,20H,7-11,14-16H2,1-4H3,(H,29,33)(H,31,32)/t20?,25?,26?,27-/m1/s1. The van der Waals surface area contributed by atoms with E-state index in [2.05, 4.69) is 38.2 Å². The SMILES string of the molecule is COC1CC[C@]2(c3ccc(CCC(C)(C)C)c(Cl)c3)NC(=O)N(C34CC(C(=O)O)(C3)C4)C=C2C1. The molecule has 6 rings (SSSR count). The summed E-state index contributed by atoms with van der Waals surface area (Å²) in [7, 11) is 1.73. The molecular weight excluding hydrogens is 452 g/mol. The van der Waals surface area contributed by atoms with E-state index in [1.54, 1.807) is 12.0 Å². The van der Waals surface area contributed by atoms with Gasteiger partial charge in [-0.2, -0.15) is 0 Å². The minimum absolute atomic E-state index is 0.0937. The largest absolute Gasteiger partial charge is 0.481 e. The van der Waals surface area contributed by atoms with Crippen LogP contribution < -0.4 is 5.32 Å². The molecule has 7 heteroatoms. The van der Waals surface area contributed by atoms with Gasteiger partial charge in [0, 0.05) is 18.3 Å². The first-order chi connectivity index (χ1) is 15.9. The third kappa shape index (κ3) is 3.56. The number of carboxylic acids is 1. The topological polar surface area (TPSA) is 78.9 Å². The van der Waals surface area contributed by atoms with Crippen molar-refractivity contribution in [3.63, 3.8) is 0 Å². The quantitative estimate of drug-likeness (QED) is 0.546. The zero-order valence-electron chi connectivity index (χ0n) is 20.5. The van der Waals surface area contributed by atoms with Crippen molar-refractivity contribution >= 4 is 23.6 Å². The predicted octanol–water partition coefficient (Wildman–Crippen LogP) is 5.63. The summed E-state index contributed by atoms with van der Waals surface area (Å²) in [6.45, 7) is 6.69. The lowest BCUT2D eigenvalue weighted by Gasteiger charge is -2.71. The highest BCUT2D eigenvalue weighted by Crippen LogP contribution is 2.70. The highest BCUT2D eigenvalue weighted by atomic mass is 35.5. The molecule has 1 aliphatic heterocycles. The summed E-state index contributed by atoms with van der Waals surface area (Å²) >= 11 is 6.76. The molecule has 5 aliphatic rings. The number of ether oxygens (including phenoxy) is 1. The normalized spacial score (nSPS) is 34.4. The van der Waals surface area contributed by atoms with Gasteiger partial charge in [-0.3, -0.25) is 9.69 Å². The summed E-state index contributed by atoms with van der Waals surface area (Å²) in [5.74, 6) is -0.743. The second-order valence-corrected chi connectivity index (χ2v) is 12.6. The van der Waals surface area contributed by atoms with Crippen molar-refractivity contribution in [1.82, 2.24) is 10.2 Å². The number of carboxylic acid groups (broad SMARTS) is 1. The molecule has 0 aromatic heterocycles. The Kier molecular flexibility index (Phi) is 5.38. The number of hydrogen-bond donors (Lipinski definition) is 2. The van der Waals surface area contributed by atoms with Gasteiger partial charge >= 0.3 is 12.0 Å². The lowest BCUT2D eigenvalue weighted by molar-refractivity contribution is -0.215. The number of halogens is 1. The summed E-state index contributed by atoms with van der Waals surface area (Å²) in [5, 5.41) is 13.6. The van der Waals surface area contributed by atoms with Crippen molar-refractivity contribution in [2.75, 3.05) is 7.11 Å². The summed E-state index contributed by atoms with van der Waals surface area (Å²) < 4.78 is 5.70. The van der Waals surface area contributed by atoms with Crippen molar-refractivity contribution in [2.45, 2.75) is 89.3 Å². The van der Waals surface area contributed by atoms with Crippen LogP contribution in [0.1, 0.15) is 76.8 Å². The Morgan fingerprint density at radius 3 is 2.59 bits per heavy atom. The van der Waals surface area contributed by atoms with E-state index in [1.165, 1.54) is 0 Å². The average molecular weight is 487 g/mol. The van der Waals surface area contributed by atoms with Crippen molar-refractivity contribution in [3.05, 3.63) is 46.1 Å². The zero-order valence-corrected chi connectivity index (χ0v) is 21.3. The van der Waals surface area contributed by atoms with Gasteiger partial charge in [-0.25, -0.2) is 4.79 Å². The van der Waals surface area contributed by atoms with Gasteiger partial charge in [0.2, 0.25) is 0 Å². The van der Waals surface area contributed by atoms with Crippen LogP contribution in [0, 0.1) is 10.8 Å². The molecule has 0 saturated heterocycles. The Bertz CT molecular complexity index is 1060. The van der Waals surface area contributed by atoms with Gasteiger partial charge < -0.3 is 15.2 Å². The van der Waals surface area contributed by atoms with Crippen LogP contribution >= 0.6 is 11.6 Å². The Hall–Kier alpha value is -2.05. The van der Waals surface area contributed by atoms with E-state index < -0.39 is 16.9 Å². The molecule has 2 bridgehead atoms. The van der Waals surface area contributed by atoms with Crippen LogP contribution in [0.4, 0.5) is 4.79 Å². The highest BCUT2D eigenvalue weighted by molar-refractivity contribution is 6.31. The molecule has 4 aliphatic carbocycles. The Morgan fingerprint density at radius 1 is 1.29 bits per heavy atom. The van der Waals surface area contributed by atoms with Gasteiger partial charge in [0.05, 0.1) is 22.6 Å². The van der Waals surface area contributed by atoms with Crippen LogP contribution in [0.15, 0.2) is 30.0 Å². The fraction of sp³-hybridized carbons (Fsp3) is 0.630. The number of aryl methyl sites for hydroxylation is 1. The van der Waals surface area contributed by atoms with E-state index >= 15 is 0 Å². The molecule has 1 aromatic carbocycles. The molecule has 34 heavy (non-hydrogen) atoms. The summed E-state index contributed by atoms with van der Waals surface area (Å²) in [5.41, 5.74) is 1.87. The second kappa shape index (κ2) is 7.72. The minimum atomic E-state index is -0.743. The number of carbonyl (C=O) groups is 2. The number of fused-ring (bicyclic) bond motifs is 1. The maximum absolute atomic E-state index is 13.4. The van der Waals surface area contributed by atoms with Crippen molar-refractivity contribution in [1.29, 1.82) is 0 Å². The predicted molar refractivity (Wildman–Crippen MR) is 131 cm³/mol. The molecule has 1 unspecified atom stereocenters. The van der Waals surface area contributed by atoms with Gasteiger partial charge in [-0.05, 0) is 79.5 Å². The number of aliphatic carboxylic acids is 1. The first-order valence-electron chi connectivity index (χ1n) is 12.3. The molecule has 6 nitrogen and oxygen atoms in total. The average Bonchev–Trinajstić information content (AvgIpc) is 2.70. The second-order valence-electron chi connectivity index (χ2n) is 12.2. The first kappa shape index (κ1) is 23.7. The maximum Gasteiger partial charge on any atom is 0.322 e. The van der Waals surface area contributed by atoms with Gasteiger partial charge in [0.25, 0.3) is 0 Å². The van der Waals surface area contributed by atoms with Crippen molar-refractivity contribution in [2.24, 2.45) is 10.8 Å². The molecule has 4 fully saturated rings. The third-order valence-electron chi connectivity index (χ3n) is 8.65. The number of amides is 2. The van der Waals surface area contributed by atoms with E-state index in [0.717, 1.165) is 53.8 Å². The Morgan fingerprint density at radius 2 is 2.00 bits per heavy atom. The molecule has 2 N–H and O–H groups in total. The Labute approximate surface area is 206 Å². The number of urea groups is 1. The summed E-state index contributed by atoms with van der Waals surface area (Å²) in [4.78, 5) is 26.8. The molecular formula is C27H35ClN2O4. The molecule has 1 aromatic rings. The fourth-order valence-corrected chi connectivity index (χ4v) is 6.79. The van der Waals surface area contributed by atoms with E-state index in [9.17, 15) is 14.7 Å². The fourth-order valence-electron chi connectivity index (χ4n) is 6.52. The molecule has 184 valence electrons. The van der Waals surface area contributed by atoms with Crippen LogP contribution in [0.25, 0.3) is 0 Å². The van der Waals surface area contributed by atoms with Crippen LogP contribution in [0.3, 0.4) is 0 Å². The minimum Gasteiger partial charge on any atom is -0.481 e. The van der Waals surface area contributed by atoms with E-state index in [0.29, 0.717) is 19.3 Å². The van der Waals surface area contributed by atoms with E-state index in [4.69, 9.17) is 16.3 Å². The monoisotopic (exact) mass is 486 g/mol.